The highest BCUT2D eigenvalue weighted by atomic mass is 32.2. The Balaban J connectivity index is 1.65. The Kier molecular flexibility index (Phi) is 7.10. The van der Waals surface area contributed by atoms with Gasteiger partial charge in [-0.25, -0.2) is 13.2 Å². The molecule has 2 aromatic carbocycles. The zero-order valence-electron chi connectivity index (χ0n) is 19.4. The number of nitrogens with one attached hydrogen (secondary N) is 1. The van der Waals surface area contributed by atoms with Gasteiger partial charge in [-0.2, -0.15) is 5.26 Å². The fourth-order valence-electron chi connectivity index (χ4n) is 3.90. The molecule has 1 heterocycles. The minimum atomic E-state index is -4.02. The van der Waals surface area contributed by atoms with Crippen LogP contribution in [-0.2, 0) is 14.8 Å². The van der Waals surface area contributed by atoms with Crippen molar-refractivity contribution in [3.63, 3.8) is 0 Å². The third kappa shape index (κ3) is 5.65. The fraction of sp³-hybridized carbons (Fsp3) is 0.280. The summed E-state index contributed by atoms with van der Waals surface area (Å²) in [5.74, 6) is 0.377. The van der Waals surface area contributed by atoms with Crippen LogP contribution in [0.5, 0.6) is 5.75 Å². The molecule has 35 heavy (non-hydrogen) atoms. The van der Waals surface area contributed by atoms with Gasteiger partial charge in [0.1, 0.15) is 18.0 Å². The highest BCUT2D eigenvalue weighted by Crippen LogP contribution is 2.39. The maximum atomic E-state index is 13.7. The monoisotopic (exact) mass is 494 g/mol. The number of carbonyl (C=O) groups excluding carboxylic acids is 1. The van der Waals surface area contributed by atoms with E-state index in [1.54, 1.807) is 30.3 Å². The number of anilines is 2. The summed E-state index contributed by atoms with van der Waals surface area (Å²) in [6.07, 6.45) is 6.55. The fourth-order valence-corrected chi connectivity index (χ4v) is 5.45. The van der Waals surface area contributed by atoms with Crippen LogP contribution in [0.1, 0.15) is 12.0 Å². The van der Waals surface area contributed by atoms with E-state index in [0.717, 1.165) is 0 Å². The van der Waals surface area contributed by atoms with Crippen LogP contribution < -0.4 is 14.4 Å². The summed E-state index contributed by atoms with van der Waals surface area (Å²) in [6.45, 7) is 0.566. The number of likely N-dealkylation sites (N-methyl/N-ethyl adjacent to an activating group) is 1. The number of carbonyl (C=O) groups is 1. The first-order valence-electron chi connectivity index (χ1n) is 11.1. The van der Waals surface area contributed by atoms with Crippen molar-refractivity contribution in [2.24, 2.45) is 0 Å². The molecule has 1 N–H and O–H groups in total. The van der Waals surface area contributed by atoms with Crippen LogP contribution in [0, 0.1) is 11.3 Å². The number of allylic oxidation sites excluding steroid dienone is 2. The van der Waals surface area contributed by atoms with Crippen molar-refractivity contribution in [2.45, 2.75) is 23.5 Å². The SMILES string of the molecule is CN(C)C[C@H]1CN(S(=O)(=O)c2cccc(C#N)c2)c2cc(NC(=O)O[C@H]3C=CC=CC3)ccc2O1. The van der Waals surface area contributed by atoms with E-state index in [1.165, 1.54) is 22.5 Å². The number of rotatable bonds is 6. The Labute approximate surface area is 204 Å². The predicted octanol–water partition coefficient (Wildman–Crippen LogP) is 3.51. The van der Waals surface area contributed by atoms with Crippen LogP contribution >= 0.6 is 0 Å². The molecule has 2 atom stereocenters. The van der Waals surface area contributed by atoms with Gasteiger partial charge in [0.25, 0.3) is 10.0 Å². The average Bonchev–Trinajstić information content (AvgIpc) is 2.84. The lowest BCUT2D eigenvalue weighted by molar-refractivity contribution is 0.134. The van der Waals surface area contributed by atoms with Crippen LogP contribution in [0.2, 0.25) is 0 Å². The molecule has 182 valence electrons. The summed E-state index contributed by atoms with van der Waals surface area (Å²) in [7, 11) is -0.264. The van der Waals surface area contributed by atoms with Gasteiger partial charge in [0.2, 0.25) is 0 Å². The molecule has 0 aromatic heterocycles. The second-order valence-corrected chi connectivity index (χ2v) is 10.3. The van der Waals surface area contributed by atoms with Crippen LogP contribution in [0.4, 0.5) is 16.2 Å². The topological polar surface area (TPSA) is 112 Å². The molecule has 10 heteroatoms. The van der Waals surface area contributed by atoms with Crippen molar-refractivity contribution >= 4 is 27.5 Å². The second-order valence-electron chi connectivity index (χ2n) is 8.48. The van der Waals surface area contributed by atoms with E-state index in [0.29, 0.717) is 30.1 Å². The highest BCUT2D eigenvalue weighted by molar-refractivity contribution is 7.92. The van der Waals surface area contributed by atoms with E-state index < -0.39 is 22.2 Å². The molecular weight excluding hydrogens is 468 g/mol. The molecule has 1 aliphatic heterocycles. The third-order valence-corrected chi connectivity index (χ3v) is 7.23. The number of benzene rings is 2. The largest absolute Gasteiger partial charge is 0.485 e. The van der Waals surface area contributed by atoms with Gasteiger partial charge < -0.3 is 14.4 Å². The molecule has 0 spiro atoms. The molecule has 0 saturated heterocycles. The predicted molar refractivity (Wildman–Crippen MR) is 132 cm³/mol. The summed E-state index contributed by atoms with van der Waals surface area (Å²) >= 11 is 0. The number of hydrogen-bond donors (Lipinski definition) is 1. The van der Waals surface area contributed by atoms with Crippen molar-refractivity contribution < 1.29 is 22.7 Å². The van der Waals surface area contributed by atoms with Gasteiger partial charge in [0.05, 0.1) is 28.8 Å². The van der Waals surface area contributed by atoms with E-state index in [-0.39, 0.29) is 23.1 Å². The Hall–Kier alpha value is -3.81. The molecule has 0 radical (unpaired) electrons. The summed E-state index contributed by atoms with van der Waals surface area (Å²) in [5.41, 5.74) is 0.902. The lowest BCUT2D eigenvalue weighted by Crippen LogP contribution is -2.47. The Bertz CT molecular complexity index is 1310. The third-order valence-electron chi connectivity index (χ3n) is 5.46. The van der Waals surface area contributed by atoms with Crippen LogP contribution in [0.15, 0.2) is 71.7 Å². The summed E-state index contributed by atoms with van der Waals surface area (Å²) < 4.78 is 40.1. The zero-order valence-corrected chi connectivity index (χ0v) is 20.2. The van der Waals surface area contributed by atoms with Gasteiger partial charge in [-0.05, 0) is 56.6 Å². The maximum absolute atomic E-state index is 13.7. The molecule has 1 amide bonds. The van der Waals surface area contributed by atoms with Crippen molar-refractivity contribution in [1.29, 1.82) is 5.26 Å². The van der Waals surface area contributed by atoms with Gasteiger partial charge in [0, 0.05) is 18.7 Å². The smallest absolute Gasteiger partial charge is 0.412 e. The van der Waals surface area contributed by atoms with E-state index >= 15 is 0 Å². The van der Waals surface area contributed by atoms with Gasteiger partial charge in [-0.15, -0.1) is 0 Å². The van der Waals surface area contributed by atoms with Crippen molar-refractivity contribution in [1.82, 2.24) is 4.90 Å². The lowest BCUT2D eigenvalue weighted by Gasteiger charge is -2.36. The molecule has 4 rings (SSSR count). The van der Waals surface area contributed by atoms with E-state index in [2.05, 4.69) is 5.32 Å². The number of hydrogen-bond acceptors (Lipinski definition) is 7. The maximum Gasteiger partial charge on any atom is 0.412 e. The van der Waals surface area contributed by atoms with Gasteiger partial charge in [-0.3, -0.25) is 9.62 Å². The Morgan fingerprint density at radius 2 is 2.09 bits per heavy atom. The average molecular weight is 495 g/mol. The molecule has 0 unspecified atom stereocenters. The summed E-state index contributed by atoms with van der Waals surface area (Å²) in [5, 5.41) is 11.9. The van der Waals surface area contributed by atoms with E-state index in [4.69, 9.17) is 9.47 Å². The van der Waals surface area contributed by atoms with Crippen LogP contribution in [0.3, 0.4) is 0 Å². The number of fused-ring (bicyclic) bond motifs is 1. The molecule has 0 bridgehead atoms. The van der Waals surface area contributed by atoms with E-state index in [1.807, 2.05) is 43.3 Å². The first-order valence-corrected chi connectivity index (χ1v) is 12.5. The van der Waals surface area contributed by atoms with Gasteiger partial charge >= 0.3 is 6.09 Å². The normalized spacial score (nSPS) is 19.0. The quantitative estimate of drug-likeness (QED) is 0.654. The Morgan fingerprint density at radius 1 is 1.26 bits per heavy atom. The lowest BCUT2D eigenvalue weighted by atomic mass is 10.1. The summed E-state index contributed by atoms with van der Waals surface area (Å²) in [4.78, 5) is 14.3. The second kappa shape index (κ2) is 10.2. The number of amides is 1. The van der Waals surface area contributed by atoms with E-state index in [9.17, 15) is 18.5 Å². The number of nitrogens with zero attached hydrogens (tertiary/aromatic N) is 3. The minimum absolute atomic E-state index is 0.00270. The first-order chi connectivity index (χ1) is 16.8. The standard InChI is InChI=1S/C25H26N4O5S/c1-28(2)16-21-17-29(35(31,32)22-10-6-7-18(13-22)15-26)23-14-19(11-12-24(23)33-21)27-25(30)34-20-8-4-3-5-9-20/h3-8,10-14,20-21H,9,16-17H2,1-2H3,(H,27,30)/t20-,21-/m0/s1. The molecule has 9 nitrogen and oxygen atoms in total. The first kappa shape index (κ1) is 24.3. The van der Waals surface area contributed by atoms with Gasteiger partial charge in [0.15, 0.2) is 0 Å². The molecule has 0 fully saturated rings. The molecule has 2 aliphatic rings. The Morgan fingerprint density at radius 3 is 2.80 bits per heavy atom. The number of nitriles is 1. The molecular formula is C25H26N4O5S. The highest BCUT2D eigenvalue weighted by Gasteiger charge is 2.35. The molecule has 0 saturated carbocycles. The number of ether oxygens (including phenoxy) is 2. The van der Waals surface area contributed by atoms with Crippen molar-refractivity contribution in [3.05, 3.63) is 72.3 Å². The number of sulfonamides is 1. The van der Waals surface area contributed by atoms with Crippen molar-refractivity contribution in [3.8, 4) is 11.8 Å². The van der Waals surface area contributed by atoms with Crippen LogP contribution in [0.25, 0.3) is 0 Å². The van der Waals surface area contributed by atoms with Gasteiger partial charge in [-0.1, -0.05) is 24.3 Å². The molecule has 2 aromatic rings. The zero-order chi connectivity index (χ0) is 25.0. The van der Waals surface area contributed by atoms with Crippen molar-refractivity contribution in [2.75, 3.05) is 36.8 Å². The minimum Gasteiger partial charge on any atom is -0.485 e. The van der Waals surface area contributed by atoms with Crippen LogP contribution in [-0.4, -0.2) is 58.8 Å². The summed E-state index contributed by atoms with van der Waals surface area (Å²) in [6, 6.07) is 12.7. The molecule has 1 aliphatic carbocycles.